The van der Waals surface area contributed by atoms with Gasteiger partial charge in [0, 0.05) is 26.3 Å². The maximum Gasteiger partial charge on any atom is 0.274 e. The molecule has 11 heteroatoms. The van der Waals surface area contributed by atoms with E-state index < -0.39 is 0 Å². The van der Waals surface area contributed by atoms with E-state index in [1.807, 2.05) is 0 Å². The third kappa shape index (κ3) is 3.76. The molecule has 0 aromatic carbocycles. The van der Waals surface area contributed by atoms with Crippen molar-refractivity contribution in [2.24, 2.45) is 7.05 Å². The fourth-order valence-corrected chi connectivity index (χ4v) is 3.34. The Morgan fingerprint density at radius 1 is 1.25 bits per heavy atom. The lowest BCUT2D eigenvalue weighted by molar-refractivity contribution is 0.0891. The number of amides is 2. The Kier molecular flexibility index (Phi) is 5.09. The number of aromatic amines is 1. The Morgan fingerprint density at radius 2 is 1.96 bits per heavy atom. The van der Waals surface area contributed by atoms with Gasteiger partial charge in [0.25, 0.3) is 11.8 Å². The summed E-state index contributed by atoms with van der Waals surface area (Å²) in [6.45, 7) is 0.858. The van der Waals surface area contributed by atoms with Gasteiger partial charge in [-0.15, -0.1) is 0 Å². The highest BCUT2D eigenvalue weighted by molar-refractivity contribution is 5.96. The standard InChI is InChI=1S/C17H23N7O4/c1-24-5-10(11(22-24)6-27-2)16(25)18-12-7-28-8-13(12)19-17(26)15-14(9-3-4-9)20-23-21-15/h5,9,12-13H,3-4,6-8H2,1-2H3,(H,18,25)(H,19,26)(H,20,21,23)/t12-,13+/m1/s1. The highest BCUT2D eigenvalue weighted by atomic mass is 16.5. The molecular weight excluding hydrogens is 366 g/mol. The van der Waals surface area contributed by atoms with E-state index >= 15 is 0 Å². The maximum absolute atomic E-state index is 12.7. The maximum atomic E-state index is 12.7. The number of hydrogen-bond donors (Lipinski definition) is 3. The molecule has 1 aliphatic heterocycles. The minimum atomic E-state index is -0.359. The van der Waals surface area contributed by atoms with Gasteiger partial charge in [-0.05, 0) is 12.8 Å². The quantitative estimate of drug-likeness (QED) is 0.580. The van der Waals surface area contributed by atoms with Crippen LogP contribution in [-0.4, -0.2) is 69.4 Å². The van der Waals surface area contributed by atoms with Crippen molar-refractivity contribution in [3.8, 4) is 0 Å². The number of nitrogens with zero attached hydrogens (tertiary/aromatic N) is 4. The summed E-state index contributed by atoms with van der Waals surface area (Å²) < 4.78 is 12.1. The van der Waals surface area contributed by atoms with E-state index in [0.717, 1.165) is 12.8 Å². The summed E-state index contributed by atoms with van der Waals surface area (Å²) in [5.41, 5.74) is 2.01. The van der Waals surface area contributed by atoms with Gasteiger partial charge in [0.2, 0.25) is 0 Å². The predicted octanol–water partition coefficient (Wildman–Crippen LogP) is -0.511. The number of carbonyl (C=O) groups is 2. The largest absolute Gasteiger partial charge is 0.378 e. The number of aromatic nitrogens is 5. The first kappa shape index (κ1) is 18.6. The fraction of sp³-hybridized carbons (Fsp3) is 0.588. The van der Waals surface area contributed by atoms with Crippen molar-refractivity contribution in [2.75, 3.05) is 20.3 Å². The van der Waals surface area contributed by atoms with E-state index in [1.165, 1.54) is 0 Å². The second kappa shape index (κ2) is 7.68. The van der Waals surface area contributed by atoms with Crippen molar-refractivity contribution >= 4 is 11.8 Å². The van der Waals surface area contributed by atoms with Gasteiger partial charge in [0.05, 0.1) is 43.2 Å². The van der Waals surface area contributed by atoms with Crippen molar-refractivity contribution in [1.82, 2.24) is 35.8 Å². The first-order valence-corrected chi connectivity index (χ1v) is 9.18. The highest BCUT2D eigenvalue weighted by Crippen LogP contribution is 2.39. The number of nitrogens with one attached hydrogen (secondary N) is 3. The van der Waals surface area contributed by atoms with Crippen LogP contribution in [0.15, 0.2) is 6.20 Å². The molecule has 28 heavy (non-hydrogen) atoms. The third-order valence-corrected chi connectivity index (χ3v) is 4.90. The lowest BCUT2D eigenvalue weighted by Gasteiger charge is -2.20. The van der Waals surface area contributed by atoms with E-state index in [-0.39, 0.29) is 30.5 Å². The molecular formula is C17H23N7O4. The molecule has 1 saturated carbocycles. The molecule has 11 nitrogen and oxygen atoms in total. The molecule has 1 saturated heterocycles. The van der Waals surface area contributed by atoms with Gasteiger partial charge >= 0.3 is 0 Å². The number of hydrogen-bond acceptors (Lipinski definition) is 7. The summed E-state index contributed by atoms with van der Waals surface area (Å²) in [5, 5.41) is 20.7. The van der Waals surface area contributed by atoms with Crippen molar-refractivity contribution < 1.29 is 19.1 Å². The Labute approximate surface area is 161 Å². The molecule has 2 amide bonds. The third-order valence-electron chi connectivity index (χ3n) is 4.90. The van der Waals surface area contributed by atoms with Crippen LogP contribution < -0.4 is 10.6 Å². The minimum Gasteiger partial charge on any atom is -0.378 e. The topological polar surface area (TPSA) is 136 Å². The molecule has 3 N–H and O–H groups in total. The van der Waals surface area contributed by atoms with Gasteiger partial charge in [-0.1, -0.05) is 0 Å². The normalized spacial score (nSPS) is 21.6. The second-order valence-corrected chi connectivity index (χ2v) is 7.13. The molecule has 2 fully saturated rings. The van der Waals surface area contributed by atoms with Crippen LogP contribution in [0.1, 0.15) is 51.0 Å². The van der Waals surface area contributed by atoms with Crippen molar-refractivity contribution in [3.63, 3.8) is 0 Å². The number of carbonyl (C=O) groups excluding carboxylic acids is 2. The molecule has 2 aromatic rings. The SMILES string of the molecule is COCc1nn(C)cc1C(=O)N[C@@H]1COC[C@@H]1NC(=O)c1n[nH]nc1C1CC1. The molecule has 0 bridgehead atoms. The summed E-state index contributed by atoms with van der Waals surface area (Å²) in [4.78, 5) is 25.3. The van der Waals surface area contributed by atoms with Crippen molar-refractivity contribution in [3.05, 3.63) is 28.8 Å². The Balaban J connectivity index is 1.41. The van der Waals surface area contributed by atoms with Crippen LogP contribution in [0.25, 0.3) is 0 Å². The molecule has 2 atom stereocenters. The zero-order valence-electron chi connectivity index (χ0n) is 15.8. The molecule has 3 heterocycles. The fourth-order valence-electron chi connectivity index (χ4n) is 3.34. The highest BCUT2D eigenvalue weighted by Gasteiger charge is 2.35. The molecule has 150 valence electrons. The summed E-state index contributed by atoms with van der Waals surface area (Å²) in [6.07, 6.45) is 3.68. The number of aryl methyl sites for hydroxylation is 1. The van der Waals surface area contributed by atoms with Crippen LogP contribution in [0.3, 0.4) is 0 Å². The van der Waals surface area contributed by atoms with Gasteiger partial charge in [0.1, 0.15) is 5.69 Å². The average Bonchev–Trinajstić information content (AvgIpc) is 3.05. The van der Waals surface area contributed by atoms with Gasteiger partial charge in [0.15, 0.2) is 5.69 Å². The zero-order valence-corrected chi connectivity index (χ0v) is 15.8. The lowest BCUT2D eigenvalue weighted by atomic mass is 10.1. The van der Waals surface area contributed by atoms with Crippen molar-refractivity contribution in [1.29, 1.82) is 0 Å². The van der Waals surface area contributed by atoms with Crippen molar-refractivity contribution in [2.45, 2.75) is 37.5 Å². The summed E-state index contributed by atoms with van der Waals surface area (Å²) in [5.74, 6) is -0.290. The summed E-state index contributed by atoms with van der Waals surface area (Å²) in [7, 11) is 3.29. The van der Waals surface area contributed by atoms with Crippen LogP contribution >= 0.6 is 0 Å². The van der Waals surface area contributed by atoms with Crippen LogP contribution in [-0.2, 0) is 23.1 Å². The molecule has 0 unspecified atom stereocenters. The van der Waals surface area contributed by atoms with Gasteiger partial charge in [-0.25, -0.2) is 0 Å². The monoisotopic (exact) mass is 389 g/mol. The zero-order chi connectivity index (χ0) is 19.7. The second-order valence-electron chi connectivity index (χ2n) is 7.13. The Bertz CT molecular complexity index is 873. The molecule has 4 rings (SSSR count). The van der Waals surface area contributed by atoms with Gasteiger partial charge < -0.3 is 20.1 Å². The molecule has 2 aliphatic rings. The van der Waals surface area contributed by atoms with E-state index in [4.69, 9.17) is 9.47 Å². The lowest BCUT2D eigenvalue weighted by Crippen LogP contribution is -2.51. The Morgan fingerprint density at radius 3 is 2.64 bits per heavy atom. The molecule has 2 aromatic heterocycles. The van der Waals surface area contributed by atoms with Crippen LogP contribution in [0.5, 0.6) is 0 Å². The first-order valence-electron chi connectivity index (χ1n) is 9.18. The predicted molar refractivity (Wildman–Crippen MR) is 95.6 cm³/mol. The molecule has 1 aliphatic carbocycles. The van der Waals surface area contributed by atoms with Crippen LogP contribution in [0.4, 0.5) is 0 Å². The molecule has 0 radical (unpaired) electrons. The van der Waals surface area contributed by atoms with E-state index in [1.54, 1.807) is 25.0 Å². The van der Waals surface area contributed by atoms with Crippen LogP contribution in [0, 0.1) is 0 Å². The van der Waals surface area contributed by atoms with E-state index in [9.17, 15) is 9.59 Å². The summed E-state index contributed by atoms with van der Waals surface area (Å²) in [6, 6.07) is -0.717. The number of ether oxygens (including phenoxy) is 2. The first-order chi connectivity index (χ1) is 13.6. The minimum absolute atomic E-state index is 0.237. The van der Waals surface area contributed by atoms with E-state index in [0.29, 0.717) is 41.8 Å². The molecule has 0 spiro atoms. The summed E-state index contributed by atoms with van der Waals surface area (Å²) >= 11 is 0. The van der Waals surface area contributed by atoms with Gasteiger partial charge in [-0.2, -0.15) is 20.5 Å². The smallest absolute Gasteiger partial charge is 0.274 e. The van der Waals surface area contributed by atoms with Gasteiger partial charge in [-0.3, -0.25) is 14.3 Å². The Hall–Kier alpha value is -2.79. The number of rotatable bonds is 7. The average molecular weight is 389 g/mol. The number of methoxy groups -OCH3 is 1. The van der Waals surface area contributed by atoms with Crippen LogP contribution in [0.2, 0.25) is 0 Å². The van der Waals surface area contributed by atoms with E-state index in [2.05, 4.69) is 31.1 Å². The number of H-pyrrole nitrogens is 1.